The molecule has 0 aromatic carbocycles. The van der Waals surface area contributed by atoms with Gasteiger partial charge in [-0.25, -0.2) is 24.1 Å². The minimum atomic E-state index is -5.74. The van der Waals surface area contributed by atoms with Gasteiger partial charge in [0.05, 0.1) is 18.7 Å². The molecule has 30 heteroatoms. The Bertz CT molecular complexity index is 1980. The number of unbranched alkanes of at least 4 members (excludes halogenated alkanes) is 3. The lowest BCUT2D eigenvalue weighted by Gasteiger charge is -2.42. The van der Waals surface area contributed by atoms with Gasteiger partial charge in [-0.2, -0.15) is 16.1 Å². The zero-order chi connectivity index (χ0) is 46.1. The maximum atomic E-state index is 12.9. The van der Waals surface area contributed by atoms with Gasteiger partial charge in [0, 0.05) is 56.1 Å². The Morgan fingerprint density at radius 2 is 1.62 bits per heavy atom. The number of aromatic nitrogens is 2. The second kappa shape index (κ2) is 22.7. The van der Waals surface area contributed by atoms with E-state index in [0.717, 1.165) is 48.8 Å². The van der Waals surface area contributed by atoms with Crippen molar-refractivity contribution in [2.75, 3.05) is 25.4 Å². The van der Waals surface area contributed by atoms with E-state index in [2.05, 4.69) is 41.0 Å². The number of aliphatic hydroxyl groups excluding tert-OH is 4. The standard InChI is InChI=1S/C33H54N8O19P2S/c1-16(42)36-25-28(48)26(46)18(13-35-40-23(45)9-3-2-6-11-34-21(43)8-5-4-7-20-24-17(15-63-20)37-32(50)39-24)58-31(25)59-62(54,55)60-61(52,53)56-14-19-27(47)29(49)30(57-19)41-12-10-22(44)38-33(41)51/h10,12,17-20,24-31,35,46-49H,2-9,11,13-15H2,1H3,(H,34,43)(H,36,42)(H,40,45)(H,52,53)(H,54,55)(H2,37,39,50)(H,38,44,51)/t17-,18+,19+,20-,24-,25+,26+,27+,28+,29+,30+,31+/m0/s1. The molecule has 1 aromatic heterocycles. The Morgan fingerprint density at radius 1 is 0.905 bits per heavy atom. The average Bonchev–Trinajstić information content (AvgIpc) is 3.85. The van der Waals surface area contributed by atoms with Gasteiger partial charge in [0.2, 0.25) is 17.7 Å². The Balaban J connectivity index is 0.996. The van der Waals surface area contributed by atoms with Crippen molar-refractivity contribution in [3.8, 4) is 0 Å². The van der Waals surface area contributed by atoms with Crippen molar-refractivity contribution in [2.24, 2.45) is 0 Å². The molecule has 5 heterocycles. The molecule has 0 radical (unpaired) electrons. The number of urea groups is 1. The van der Waals surface area contributed by atoms with E-state index in [4.69, 9.17) is 14.0 Å². The maximum absolute atomic E-state index is 12.9. The van der Waals surface area contributed by atoms with Crippen molar-refractivity contribution in [3.05, 3.63) is 33.1 Å². The fraction of sp³-hybridized carbons (Fsp3) is 0.758. The summed E-state index contributed by atoms with van der Waals surface area (Å²) in [5, 5.41) is 53.4. The van der Waals surface area contributed by atoms with E-state index in [9.17, 15) is 68.1 Å². The van der Waals surface area contributed by atoms with Crippen LogP contribution < -0.4 is 43.4 Å². The minimum absolute atomic E-state index is 0.0648. The number of phosphoric acid groups is 2. The lowest BCUT2D eigenvalue weighted by molar-refractivity contribution is -0.239. The first-order chi connectivity index (χ1) is 29.7. The normalized spacial score (nSPS) is 32.1. The van der Waals surface area contributed by atoms with E-state index < -0.39 is 107 Å². The number of rotatable bonds is 23. The minimum Gasteiger partial charge on any atom is -0.388 e. The topological polar surface area (TPSA) is 397 Å². The third kappa shape index (κ3) is 14.6. The molecule has 63 heavy (non-hydrogen) atoms. The molecule has 0 spiro atoms. The van der Waals surface area contributed by atoms with E-state index in [1.807, 2.05) is 16.7 Å². The molecular weight excluding hydrogens is 906 g/mol. The van der Waals surface area contributed by atoms with Gasteiger partial charge in [-0.15, -0.1) is 0 Å². The number of hydrogen-bond acceptors (Lipinski definition) is 19. The summed E-state index contributed by atoms with van der Waals surface area (Å²) in [5.74, 6) is -0.468. The first-order valence-corrected chi connectivity index (χ1v) is 24.1. The molecule has 27 nitrogen and oxygen atoms in total. The third-order valence-corrected chi connectivity index (χ3v) is 14.5. The predicted molar refractivity (Wildman–Crippen MR) is 215 cm³/mol. The van der Waals surface area contributed by atoms with Crippen molar-refractivity contribution in [1.29, 1.82) is 0 Å². The Labute approximate surface area is 362 Å². The molecule has 5 rings (SSSR count). The second-order valence-corrected chi connectivity index (χ2v) is 19.5. The molecule has 14 atom stereocenters. The smallest absolute Gasteiger partial charge is 0.388 e. The number of ether oxygens (including phenoxy) is 2. The van der Waals surface area contributed by atoms with Crippen LogP contribution in [0.4, 0.5) is 4.79 Å². The highest BCUT2D eigenvalue weighted by Gasteiger charge is 2.50. The molecule has 13 N–H and O–H groups in total. The summed E-state index contributed by atoms with van der Waals surface area (Å²) in [4.78, 5) is 94.1. The molecule has 4 saturated heterocycles. The molecule has 356 valence electrons. The number of fused-ring (bicyclic) bond motifs is 1. The Kier molecular flexibility index (Phi) is 18.3. The Hall–Kier alpha value is -3.31. The number of carbonyl (C=O) groups is 4. The molecule has 4 aliphatic rings. The van der Waals surface area contributed by atoms with Crippen LogP contribution in [0.3, 0.4) is 0 Å². The number of H-pyrrole nitrogens is 1. The summed E-state index contributed by atoms with van der Waals surface area (Å²) in [5.41, 5.74) is 3.10. The van der Waals surface area contributed by atoms with Crippen LogP contribution in [0.15, 0.2) is 21.9 Å². The van der Waals surface area contributed by atoms with Crippen LogP contribution in [0.5, 0.6) is 0 Å². The van der Waals surface area contributed by atoms with Gasteiger partial charge in [-0.05, 0) is 25.7 Å². The molecule has 0 bridgehead atoms. The van der Waals surface area contributed by atoms with Gasteiger partial charge < -0.3 is 61.0 Å². The lowest BCUT2D eigenvalue weighted by Crippen LogP contribution is -2.65. The van der Waals surface area contributed by atoms with Crippen LogP contribution in [0, 0.1) is 0 Å². The lowest BCUT2D eigenvalue weighted by atomic mass is 9.96. The number of phosphoric ester groups is 2. The van der Waals surface area contributed by atoms with E-state index in [-0.39, 0.29) is 30.4 Å². The number of nitrogens with one attached hydrogen (secondary N) is 7. The summed E-state index contributed by atoms with van der Waals surface area (Å²) in [7, 11) is -11.4. The van der Waals surface area contributed by atoms with Gasteiger partial charge in [-0.3, -0.25) is 43.2 Å². The number of aromatic amines is 1. The number of amides is 5. The highest BCUT2D eigenvalue weighted by molar-refractivity contribution is 8.00. The van der Waals surface area contributed by atoms with E-state index in [1.165, 1.54) is 0 Å². The van der Waals surface area contributed by atoms with Crippen molar-refractivity contribution in [2.45, 2.75) is 131 Å². The number of hydrogen-bond donors (Lipinski definition) is 13. The first kappa shape index (κ1) is 50.7. The van der Waals surface area contributed by atoms with Crippen molar-refractivity contribution >= 4 is 51.2 Å². The summed E-state index contributed by atoms with van der Waals surface area (Å²) in [6.45, 7) is -0.0649. The SMILES string of the molecule is CC(=O)N[C@H]1[C@@H](OP(=O)(O)OP(=O)(O)OC[C@H]2O[C@@H](n3ccc(=O)[nH]c3=O)[C@H](O)[C@@H]2O)O[C@H](CNNC(=O)CCCCCNC(=O)CCCC[C@@H]2SC[C@@H]3NC(=O)N[C@@H]32)[C@@H](O)[C@@H]1O. The number of nitrogens with zero attached hydrogens (tertiary/aromatic N) is 1. The van der Waals surface area contributed by atoms with E-state index >= 15 is 0 Å². The van der Waals surface area contributed by atoms with Gasteiger partial charge in [0.25, 0.3) is 5.56 Å². The quantitative estimate of drug-likeness (QED) is 0.0218. The number of aliphatic hydroxyl groups is 4. The van der Waals surface area contributed by atoms with Gasteiger partial charge in [0.15, 0.2) is 12.5 Å². The van der Waals surface area contributed by atoms with Crippen LogP contribution >= 0.6 is 27.4 Å². The number of hydrazine groups is 1. The monoisotopic (exact) mass is 960 g/mol. The van der Waals surface area contributed by atoms with Gasteiger partial charge >= 0.3 is 27.4 Å². The van der Waals surface area contributed by atoms with Crippen LogP contribution in [0.1, 0.15) is 64.5 Å². The summed E-state index contributed by atoms with van der Waals surface area (Å²) in [6, 6.07) is -0.662. The van der Waals surface area contributed by atoms with Crippen molar-refractivity contribution in [3.63, 3.8) is 0 Å². The van der Waals surface area contributed by atoms with Crippen LogP contribution in [-0.2, 0) is 46.3 Å². The summed E-state index contributed by atoms with van der Waals surface area (Å²) >= 11 is 1.83. The molecule has 0 aliphatic carbocycles. The largest absolute Gasteiger partial charge is 0.483 e. The highest BCUT2D eigenvalue weighted by Crippen LogP contribution is 2.61. The molecule has 1 aromatic rings. The van der Waals surface area contributed by atoms with Crippen molar-refractivity contribution in [1.82, 2.24) is 41.7 Å². The fourth-order valence-corrected chi connectivity index (χ4v) is 11.0. The summed E-state index contributed by atoms with van der Waals surface area (Å²) in [6.07, 6.45) is -8.56. The van der Waals surface area contributed by atoms with Gasteiger partial charge in [-0.1, -0.05) is 12.8 Å². The Morgan fingerprint density at radius 3 is 2.35 bits per heavy atom. The molecule has 4 aliphatic heterocycles. The average molecular weight is 961 g/mol. The third-order valence-electron chi connectivity index (χ3n) is 10.4. The van der Waals surface area contributed by atoms with Crippen LogP contribution in [-0.4, -0.2) is 155 Å². The molecule has 4 fully saturated rings. The fourth-order valence-electron chi connectivity index (χ4n) is 7.26. The molecule has 0 saturated carbocycles. The van der Waals surface area contributed by atoms with Crippen LogP contribution in [0.2, 0.25) is 0 Å². The zero-order valence-electron chi connectivity index (χ0n) is 33.8. The summed E-state index contributed by atoms with van der Waals surface area (Å²) < 4.78 is 51.1. The van der Waals surface area contributed by atoms with Crippen molar-refractivity contribution < 1.29 is 81.4 Å². The predicted octanol–water partition coefficient (Wildman–Crippen LogP) is -3.62. The maximum Gasteiger partial charge on any atom is 0.483 e. The molecule has 5 amide bonds. The molecular formula is C33H54N8O19P2S. The van der Waals surface area contributed by atoms with Crippen LogP contribution in [0.25, 0.3) is 0 Å². The van der Waals surface area contributed by atoms with E-state index in [0.29, 0.717) is 37.5 Å². The molecule has 2 unspecified atom stereocenters. The first-order valence-electron chi connectivity index (χ1n) is 20.0. The zero-order valence-corrected chi connectivity index (χ0v) is 36.4. The second-order valence-electron chi connectivity index (χ2n) is 15.2. The highest BCUT2D eigenvalue weighted by atomic mass is 32.2. The van der Waals surface area contributed by atoms with E-state index in [1.54, 1.807) is 0 Å². The number of carbonyl (C=O) groups excluding carboxylic acids is 4. The van der Waals surface area contributed by atoms with Gasteiger partial charge in [0.1, 0.15) is 42.7 Å². The number of thioether (sulfide) groups is 1.